The molecule has 1 aliphatic carbocycles. The van der Waals surface area contributed by atoms with E-state index in [4.69, 9.17) is 4.74 Å². The van der Waals surface area contributed by atoms with E-state index in [-0.39, 0.29) is 11.9 Å². The molecule has 158 valence electrons. The number of fused-ring (bicyclic) bond motifs is 1. The molecule has 0 bridgehead atoms. The van der Waals surface area contributed by atoms with E-state index in [0.29, 0.717) is 18.8 Å². The average Bonchev–Trinajstić information content (AvgIpc) is 2.85. The molecule has 5 rings (SSSR count). The minimum Gasteiger partial charge on any atom is -0.378 e. The Morgan fingerprint density at radius 2 is 1.84 bits per heavy atom. The van der Waals surface area contributed by atoms with Crippen molar-refractivity contribution in [3.05, 3.63) is 77.6 Å². The Morgan fingerprint density at radius 1 is 1.03 bits per heavy atom. The standard InChI is InChI=1S/C25H26N4O2/c30-25(28-22-7-3-5-18-4-1-2-6-21(18)22)20-10-8-19(9-11-20)23-16-24(27-17-26-23)29-12-14-31-15-13-29/h1-2,4,6,8-11,16-17,22H,3,5,7,12-15H2,(H,28,30). The van der Waals surface area contributed by atoms with Crippen molar-refractivity contribution >= 4 is 11.7 Å². The van der Waals surface area contributed by atoms with Crippen LogP contribution in [0.2, 0.25) is 0 Å². The normalized spacial score (nSPS) is 18.3. The maximum Gasteiger partial charge on any atom is 0.251 e. The largest absolute Gasteiger partial charge is 0.378 e. The zero-order valence-corrected chi connectivity index (χ0v) is 17.5. The van der Waals surface area contributed by atoms with E-state index in [9.17, 15) is 4.79 Å². The first-order valence-corrected chi connectivity index (χ1v) is 10.9. The van der Waals surface area contributed by atoms with Gasteiger partial charge in [0.15, 0.2) is 0 Å². The van der Waals surface area contributed by atoms with Crippen LogP contribution in [-0.4, -0.2) is 42.2 Å². The molecule has 2 aromatic carbocycles. The van der Waals surface area contributed by atoms with Gasteiger partial charge in [0, 0.05) is 30.3 Å². The number of hydrogen-bond acceptors (Lipinski definition) is 5. The summed E-state index contributed by atoms with van der Waals surface area (Å²) in [6.45, 7) is 3.10. The number of aromatic nitrogens is 2. The highest BCUT2D eigenvalue weighted by Gasteiger charge is 2.22. The molecule has 0 saturated carbocycles. The zero-order valence-electron chi connectivity index (χ0n) is 17.5. The Bertz CT molecular complexity index is 1060. The highest BCUT2D eigenvalue weighted by Crippen LogP contribution is 2.30. The molecule has 0 spiro atoms. The molecule has 0 radical (unpaired) electrons. The molecule has 1 atom stereocenters. The number of benzene rings is 2. The lowest BCUT2D eigenvalue weighted by atomic mass is 9.87. The second-order valence-corrected chi connectivity index (χ2v) is 8.06. The van der Waals surface area contributed by atoms with E-state index in [1.165, 1.54) is 11.1 Å². The molecular weight excluding hydrogens is 388 g/mol. The predicted octanol–water partition coefficient (Wildman–Crippen LogP) is 3.79. The molecule has 1 aliphatic heterocycles. The molecule has 3 aromatic rings. The first-order chi connectivity index (χ1) is 15.3. The Morgan fingerprint density at radius 3 is 2.68 bits per heavy atom. The molecule has 6 heteroatoms. The van der Waals surface area contributed by atoms with Gasteiger partial charge in [0.2, 0.25) is 0 Å². The summed E-state index contributed by atoms with van der Waals surface area (Å²) in [5.41, 5.74) is 5.07. The third-order valence-electron chi connectivity index (χ3n) is 6.11. The van der Waals surface area contributed by atoms with E-state index in [0.717, 1.165) is 49.4 Å². The van der Waals surface area contributed by atoms with E-state index in [2.05, 4.69) is 38.4 Å². The molecule has 1 fully saturated rings. The number of rotatable bonds is 4. The lowest BCUT2D eigenvalue weighted by Gasteiger charge is -2.27. The van der Waals surface area contributed by atoms with E-state index in [1.54, 1.807) is 6.33 Å². The van der Waals surface area contributed by atoms with Gasteiger partial charge in [0.05, 0.1) is 24.9 Å². The van der Waals surface area contributed by atoms with Crippen molar-refractivity contribution in [2.75, 3.05) is 31.2 Å². The van der Waals surface area contributed by atoms with Gasteiger partial charge in [0.1, 0.15) is 12.1 Å². The number of aryl methyl sites for hydroxylation is 1. The molecule has 1 amide bonds. The van der Waals surface area contributed by atoms with E-state index in [1.807, 2.05) is 36.4 Å². The van der Waals surface area contributed by atoms with Crippen LogP contribution < -0.4 is 10.2 Å². The molecule has 1 N–H and O–H groups in total. The quantitative estimate of drug-likeness (QED) is 0.704. The fourth-order valence-corrected chi connectivity index (χ4v) is 4.41. The molecule has 2 aliphatic rings. The van der Waals surface area contributed by atoms with Crippen molar-refractivity contribution in [2.24, 2.45) is 0 Å². The third kappa shape index (κ3) is 4.30. The number of ether oxygens (including phenoxy) is 1. The predicted molar refractivity (Wildman–Crippen MR) is 120 cm³/mol. The van der Waals surface area contributed by atoms with Gasteiger partial charge in [-0.2, -0.15) is 0 Å². The molecule has 2 heterocycles. The van der Waals surface area contributed by atoms with Crippen LogP contribution in [0.4, 0.5) is 5.82 Å². The minimum absolute atomic E-state index is 0.0371. The Kier molecular flexibility index (Phi) is 5.63. The maximum atomic E-state index is 12.9. The number of anilines is 1. The van der Waals surface area contributed by atoms with Gasteiger partial charge in [-0.15, -0.1) is 0 Å². The van der Waals surface area contributed by atoms with Gasteiger partial charge in [0.25, 0.3) is 5.91 Å². The lowest BCUT2D eigenvalue weighted by Crippen LogP contribution is -2.36. The summed E-state index contributed by atoms with van der Waals surface area (Å²) in [5.74, 6) is 0.871. The third-order valence-corrected chi connectivity index (χ3v) is 6.11. The topological polar surface area (TPSA) is 67.4 Å². The van der Waals surface area contributed by atoms with Crippen LogP contribution in [-0.2, 0) is 11.2 Å². The number of carbonyl (C=O) groups is 1. The SMILES string of the molecule is O=C(NC1CCCc2ccccc21)c1ccc(-c2cc(N3CCOCC3)ncn2)cc1. The number of morpholine rings is 1. The van der Waals surface area contributed by atoms with E-state index >= 15 is 0 Å². The number of amides is 1. The molecular formula is C25H26N4O2. The van der Waals surface area contributed by atoms with Gasteiger partial charge >= 0.3 is 0 Å². The number of nitrogens with zero attached hydrogens (tertiary/aromatic N) is 3. The Hall–Kier alpha value is -3.25. The van der Waals surface area contributed by atoms with Gasteiger partial charge in [-0.25, -0.2) is 9.97 Å². The summed E-state index contributed by atoms with van der Waals surface area (Å²) < 4.78 is 5.42. The Balaban J connectivity index is 1.30. The summed E-state index contributed by atoms with van der Waals surface area (Å²) in [5, 5.41) is 3.22. The fourth-order valence-electron chi connectivity index (χ4n) is 4.41. The van der Waals surface area contributed by atoms with Crippen LogP contribution >= 0.6 is 0 Å². The maximum absolute atomic E-state index is 12.9. The zero-order chi connectivity index (χ0) is 21.0. The van der Waals surface area contributed by atoms with Crippen molar-refractivity contribution in [1.82, 2.24) is 15.3 Å². The number of carbonyl (C=O) groups excluding carboxylic acids is 1. The van der Waals surface area contributed by atoms with E-state index < -0.39 is 0 Å². The summed E-state index contributed by atoms with van der Waals surface area (Å²) >= 11 is 0. The van der Waals surface area contributed by atoms with Crippen molar-refractivity contribution in [1.29, 1.82) is 0 Å². The van der Waals surface area contributed by atoms with Gasteiger partial charge < -0.3 is 15.0 Å². The van der Waals surface area contributed by atoms with Crippen molar-refractivity contribution in [3.63, 3.8) is 0 Å². The van der Waals surface area contributed by atoms with Crippen LogP contribution in [0.25, 0.3) is 11.3 Å². The summed E-state index contributed by atoms with van der Waals surface area (Å²) in [6.07, 6.45) is 4.76. The Labute approximate surface area is 182 Å². The second-order valence-electron chi connectivity index (χ2n) is 8.06. The van der Waals surface area contributed by atoms with Crippen molar-refractivity contribution < 1.29 is 9.53 Å². The fraction of sp³-hybridized carbons (Fsp3) is 0.320. The number of nitrogens with one attached hydrogen (secondary N) is 1. The molecule has 6 nitrogen and oxygen atoms in total. The number of hydrogen-bond donors (Lipinski definition) is 1. The van der Waals surface area contributed by atoms with Crippen LogP contribution in [0.15, 0.2) is 60.9 Å². The van der Waals surface area contributed by atoms with Crippen molar-refractivity contribution in [2.45, 2.75) is 25.3 Å². The first-order valence-electron chi connectivity index (χ1n) is 10.9. The lowest BCUT2D eigenvalue weighted by molar-refractivity contribution is 0.0932. The van der Waals surface area contributed by atoms with Crippen molar-refractivity contribution in [3.8, 4) is 11.3 Å². The molecule has 31 heavy (non-hydrogen) atoms. The van der Waals surface area contributed by atoms with Gasteiger partial charge in [-0.05, 0) is 42.5 Å². The molecule has 1 aromatic heterocycles. The summed E-state index contributed by atoms with van der Waals surface area (Å²) in [6, 6.07) is 18.1. The summed E-state index contributed by atoms with van der Waals surface area (Å²) in [4.78, 5) is 23.9. The second kappa shape index (κ2) is 8.86. The van der Waals surface area contributed by atoms with Crippen LogP contribution in [0.1, 0.15) is 40.4 Å². The average molecular weight is 415 g/mol. The van der Waals surface area contributed by atoms with Crippen LogP contribution in [0.3, 0.4) is 0 Å². The monoisotopic (exact) mass is 414 g/mol. The van der Waals surface area contributed by atoms with Gasteiger partial charge in [-0.3, -0.25) is 4.79 Å². The first kappa shape index (κ1) is 19.7. The van der Waals surface area contributed by atoms with Crippen LogP contribution in [0.5, 0.6) is 0 Å². The smallest absolute Gasteiger partial charge is 0.251 e. The van der Waals surface area contributed by atoms with Gasteiger partial charge in [-0.1, -0.05) is 36.4 Å². The summed E-state index contributed by atoms with van der Waals surface area (Å²) in [7, 11) is 0. The highest BCUT2D eigenvalue weighted by molar-refractivity contribution is 5.95. The molecule has 1 saturated heterocycles. The minimum atomic E-state index is -0.0371. The molecule has 1 unspecified atom stereocenters. The van der Waals surface area contributed by atoms with Crippen LogP contribution in [0, 0.1) is 0 Å². The highest BCUT2D eigenvalue weighted by atomic mass is 16.5.